The van der Waals surface area contributed by atoms with Crippen molar-refractivity contribution in [2.75, 3.05) is 6.54 Å². The molecule has 0 saturated carbocycles. The second-order valence-electron chi connectivity index (χ2n) is 9.42. The van der Waals surface area contributed by atoms with Crippen LogP contribution < -0.4 is 0 Å². The fourth-order valence-corrected chi connectivity index (χ4v) is 5.09. The van der Waals surface area contributed by atoms with E-state index in [0.29, 0.717) is 6.54 Å². The van der Waals surface area contributed by atoms with Crippen LogP contribution in [-0.4, -0.2) is 64.6 Å². The van der Waals surface area contributed by atoms with Gasteiger partial charge in [0.05, 0.1) is 6.04 Å². The van der Waals surface area contributed by atoms with E-state index in [2.05, 4.69) is 4.98 Å². The van der Waals surface area contributed by atoms with Gasteiger partial charge in [0.2, 0.25) is 0 Å². The molecule has 4 aliphatic rings. The van der Waals surface area contributed by atoms with E-state index in [-0.39, 0.29) is 11.9 Å². The van der Waals surface area contributed by atoms with E-state index >= 15 is 0 Å². The van der Waals surface area contributed by atoms with Crippen LogP contribution in [0.25, 0.3) is 0 Å². The van der Waals surface area contributed by atoms with Crippen LogP contribution in [0.15, 0.2) is 24.5 Å². The average molecular weight is 418 g/mol. The molecular formula is C22H30N2O6. The van der Waals surface area contributed by atoms with E-state index in [4.69, 9.17) is 23.7 Å². The summed E-state index contributed by atoms with van der Waals surface area (Å²) in [6, 6.07) is 3.91. The van der Waals surface area contributed by atoms with Gasteiger partial charge in [-0.05, 0) is 58.6 Å². The van der Waals surface area contributed by atoms with Gasteiger partial charge in [-0.3, -0.25) is 9.78 Å². The van der Waals surface area contributed by atoms with E-state index in [1.807, 2.05) is 50.9 Å². The Morgan fingerprint density at radius 2 is 1.77 bits per heavy atom. The summed E-state index contributed by atoms with van der Waals surface area (Å²) in [7, 11) is 0. The molecule has 4 fully saturated rings. The lowest BCUT2D eigenvalue weighted by atomic mass is 9.93. The smallest absolute Gasteiger partial charge is 0.255 e. The van der Waals surface area contributed by atoms with Crippen LogP contribution in [0.1, 0.15) is 58.6 Å². The van der Waals surface area contributed by atoms with Crippen molar-refractivity contribution in [3.8, 4) is 0 Å². The molecule has 8 nitrogen and oxygen atoms in total. The lowest BCUT2D eigenvalue weighted by Crippen LogP contribution is -2.60. The molecule has 0 aromatic carbocycles. The van der Waals surface area contributed by atoms with Crippen LogP contribution >= 0.6 is 0 Å². The van der Waals surface area contributed by atoms with Gasteiger partial charge in [0.15, 0.2) is 24.0 Å². The zero-order valence-corrected chi connectivity index (χ0v) is 17.9. The second-order valence-corrected chi connectivity index (χ2v) is 9.42. The largest absolute Gasteiger partial charge is 0.342 e. The lowest BCUT2D eigenvalue weighted by molar-refractivity contribution is -0.235. The highest BCUT2D eigenvalue weighted by atomic mass is 16.9. The number of carbonyl (C=O) groups excluding carboxylic acids is 1. The van der Waals surface area contributed by atoms with Crippen molar-refractivity contribution in [1.29, 1.82) is 0 Å². The molecule has 1 aromatic rings. The fourth-order valence-electron chi connectivity index (χ4n) is 5.09. The quantitative estimate of drug-likeness (QED) is 0.730. The highest BCUT2D eigenvalue weighted by Crippen LogP contribution is 2.45. The van der Waals surface area contributed by atoms with Gasteiger partial charge in [0.1, 0.15) is 18.3 Å². The molecule has 6 atom stereocenters. The first-order valence-electron chi connectivity index (χ1n) is 10.8. The number of carbonyl (C=O) groups is 1. The molecule has 0 N–H and O–H groups in total. The molecule has 1 aromatic heterocycles. The molecule has 1 unspecified atom stereocenters. The summed E-state index contributed by atoms with van der Waals surface area (Å²) >= 11 is 0. The summed E-state index contributed by atoms with van der Waals surface area (Å²) in [4.78, 5) is 20.0. The number of nitrogens with zero attached hydrogens (tertiary/aromatic N) is 2. The molecule has 164 valence electrons. The second kappa shape index (κ2) is 7.24. The molecule has 5 heterocycles. The summed E-state index contributed by atoms with van der Waals surface area (Å²) < 4.78 is 30.5. The van der Waals surface area contributed by atoms with Crippen LogP contribution in [0.3, 0.4) is 0 Å². The number of ether oxygens (including phenoxy) is 5. The van der Waals surface area contributed by atoms with Crippen molar-refractivity contribution >= 4 is 5.91 Å². The van der Waals surface area contributed by atoms with Gasteiger partial charge in [-0.2, -0.15) is 0 Å². The summed E-state index contributed by atoms with van der Waals surface area (Å²) in [6.45, 7) is 8.05. The van der Waals surface area contributed by atoms with Crippen LogP contribution in [-0.2, 0) is 28.5 Å². The van der Waals surface area contributed by atoms with Gasteiger partial charge in [0.25, 0.3) is 5.91 Å². The first-order chi connectivity index (χ1) is 14.2. The number of rotatable bonds is 2. The summed E-state index contributed by atoms with van der Waals surface area (Å²) in [5, 5.41) is 0. The SMILES string of the molecule is CC1(C)O[C@H]2[C@@H](O1)[C@@H](C(=O)N1CCCCC1c1cccnc1)O[C@@H]1OC(C)(C)O[C@@H]12. The Morgan fingerprint density at radius 1 is 1.03 bits per heavy atom. The standard InChI is InChI=1S/C22H30N2O6/c1-21(2)27-15-16(28-21)18-20(30-22(3,4)29-18)26-17(15)19(25)24-11-6-5-9-14(24)13-8-7-10-23-12-13/h7-8,10,12,14-18,20H,5-6,9,11H2,1-4H3/t14?,15-,16+,17+,18-,20-/m1/s1. The maximum absolute atomic E-state index is 13.8. The minimum Gasteiger partial charge on any atom is -0.342 e. The van der Waals surface area contributed by atoms with Gasteiger partial charge in [-0.25, -0.2) is 0 Å². The first-order valence-corrected chi connectivity index (χ1v) is 10.8. The van der Waals surface area contributed by atoms with E-state index < -0.39 is 42.3 Å². The van der Waals surface area contributed by atoms with Gasteiger partial charge < -0.3 is 28.6 Å². The topological polar surface area (TPSA) is 79.4 Å². The van der Waals surface area contributed by atoms with E-state index in [1.54, 1.807) is 6.20 Å². The predicted molar refractivity (Wildman–Crippen MR) is 105 cm³/mol. The molecule has 0 radical (unpaired) electrons. The Labute approximate surface area is 176 Å². The molecule has 0 spiro atoms. The Hall–Kier alpha value is -1.58. The number of amides is 1. The molecule has 0 bridgehead atoms. The molecule has 5 rings (SSSR count). The van der Waals surface area contributed by atoms with Gasteiger partial charge >= 0.3 is 0 Å². The van der Waals surface area contributed by atoms with E-state index in [0.717, 1.165) is 24.8 Å². The van der Waals surface area contributed by atoms with Crippen molar-refractivity contribution < 1.29 is 28.5 Å². The van der Waals surface area contributed by atoms with Crippen molar-refractivity contribution in [1.82, 2.24) is 9.88 Å². The molecular weight excluding hydrogens is 388 g/mol. The summed E-state index contributed by atoms with van der Waals surface area (Å²) in [5.41, 5.74) is 1.04. The number of fused-ring (bicyclic) bond motifs is 3. The zero-order chi connectivity index (χ0) is 21.1. The Kier molecular flexibility index (Phi) is 4.91. The third-order valence-electron chi connectivity index (χ3n) is 6.25. The van der Waals surface area contributed by atoms with Crippen LogP contribution in [0.5, 0.6) is 0 Å². The fraction of sp³-hybridized carbons (Fsp3) is 0.727. The minimum atomic E-state index is -0.827. The Morgan fingerprint density at radius 3 is 2.53 bits per heavy atom. The van der Waals surface area contributed by atoms with Crippen molar-refractivity contribution in [2.45, 2.75) is 95.3 Å². The molecule has 0 aliphatic carbocycles. The predicted octanol–water partition coefficient (Wildman–Crippen LogP) is 2.53. The van der Waals surface area contributed by atoms with Crippen molar-refractivity contribution in [3.05, 3.63) is 30.1 Å². The minimum absolute atomic E-state index is 0.0211. The van der Waals surface area contributed by atoms with Gasteiger partial charge in [-0.1, -0.05) is 6.07 Å². The number of pyridine rings is 1. The monoisotopic (exact) mass is 418 g/mol. The van der Waals surface area contributed by atoms with Crippen molar-refractivity contribution in [2.24, 2.45) is 0 Å². The maximum Gasteiger partial charge on any atom is 0.255 e. The van der Waals surface area contributed by atoms with Crippen LogP contribution in [0.2, 0.25) is 0 Å². The number of hydrogen-bond acceptors (Lipinski definition) is 7. The maximum atomic E-state index is 13.8. The lowest BCUT2D eigenvalue weighted by Gasteiger charge is -2.42. The molecule has 8 heteroatoms. The molecule has 4 aliphatic heterocycles. The highest BCUT2D eigenvalue weighted by molar-refractivity contribution is 5.82. The Bertz CT molecular complexity index is 800. The van der Waals surface area contributed by atoms with Gasteiger partial charge in [0, 0.05) is 18.9 Å². The summed E-state index contributed by atoms with van der Waals surface area (Å²) in [6.07, 6.45) is 3.62. The Balaban J connectivity index is 1.44. The highest BCUT2D eigenvalue weighted by Gasteiger charge is 2.62. The third-order valence-corrected chi connectivity index (χ3v) is 6.25. The number of hydrogen-bond donors (Lipinski definition) is 0. The van der Waals surface area contributed by atoms with Crippen LogP contribution in [0.4, 0.5) is 0 Å². The first kappa shape index (κ1) is 20.3. The average Bonchev–Trinajstić information content (AvgIpc) is 3.21. The molecule has 30 heavy (non-hydrogen) atoms. The summed E-state index contributed by atoms with van der Waals surface area (Å²) in [5.74, 6) is -1.73. The zero-order valence-electron chi connectivity index (χ0n) is 17.9. The third kappa shape index (κ3) is 3.54. The number of aromatic nitrogens is 1. The number of piperidine rings is 1. The molecule has 1 amide bonds. The van der Waals surface area contributed by atoms with Crippen LogP contribution in [0, 0.1) is 0 Å². The van der Waals surface area contributed by atoms with Crippen molar-refractivity contribution in [3.63, 3.8) is 0 Å². The number of likely N-dealkylation sites (tertiary alicyclic amines) is 1. The molecule has 4 saturated heterocycles. The van der Waals surface area contributed by atoms with E-state index in [9.17, 15) is 4.79 Å². The van der Waals surface area contributed by atoms with E-state index in [1.165, 1.54) is 0 Å². The normalized spacial score (nSPS) is 39.4. The van der Waals surface area contributed by atoms with Gasteiger partial charge in [-0.15, -0.1) is 0 Å².